The van der Waals surface area contributed by atoms with E-state index in [1.807, 2.05) is 24.4 Å². The fourth-order valence-corrected chi connectivity index (χ4v) is 3.75. The van der Waals surface area contributed by atoms with E-state index in [2.05, 4.69) is 76.8 Å². The van der Waals surface area contributed by atoms with E-state index in [9.17, 15) is 0 Å². The summed E-state index contributed by atoms with van der Waals surface area (Å²) < 4.78 is 0. The van der Waals surface area contributed by atoms with E-state index in [1.165, 1.54) is 22.8 Å². The molecule has 0 aliphatic heterocycles. The van der Waals surface area contributed by atoms with Crippen molar-refractivity contribution in [2.75, 3.05) is 0 Å². The van der Waals surface area contributed by atoms with Crippen molar-refractivity contribution in [3.63, 3.8) is 0 Å². The Labute approximate surface area is 181 Å². The van der Waals surface area contributed by atoms with Gasteiger partial charge < -0.3 is 0 Å². The topological polar surface area (TPSA) is 88.7 Å². The molecule has 1 heterocycles. The van der Waals surface area contributed by atoms with Crippen molar-refractivity contribution in [2.45, 2.75) is 13.3 Å². The lowest BCUT2D eigenvalue weighted by molar-refractivity contribution is 1.12. The van der Waals surface area contributed by atoms with E-state index in [1.54, 1.807) is 6.08 Å². The molecule has 0 unspecified atom stereocenters. The standard InChI is InChI=1S/C26H23N5/c1-2-23(19-6-4-3-5-7-19)26(21-13-14-24-22(16-21)17-29-31-24)20-11-8-18(9-12-20)10-15-25(27)30-28/h3-17,27-28H,2H2,1H3,(H,29,31)/b15-10+,26-23+,27-25?,30-28?. The first-order valence-electron chi connectivity index (χ1n) is 10.2. The number of benzene rings is 3. The molecule has 152 valence electrons. The average Bonchev–Trinajstić information content (AvgIpc) is 3.30. The largest absolute Gasteiger partial charge is 0.281 e. The Kier molecular flexibility index (Phi) is 5.94. The molecule has 0 amide bonds. The van der Waals surface area contributed by atoms with E-state index in [0.717, 1.165) is 34.0 Å². The zero-order valence-corrected chi connectivity index (χ0v) is 17.3. The van der Waals surface area contributed by atoms with Crippen LogP contribution in [-0.4, -0.2) is 16.0 Å². The van der Waals surface area contributed by atoms with Crippen molar-refractivity contribution >= 4 is 34.0 Å². The van der Waals surface area contributed by atoms with Crippen molar-refractivity contribution in [1.82, 2.24) is 10.2 Å². The van der Waals surface area contributed by atoms with Gasteiger partial charge in [0.2, 0.25) is 0 Å². The Morgan fingerprint density at radius 3 is 2.42 bits per heavy atom. The van der Waals surface area contributed by atoms with Gasteiger partial charge >= 0.3 is 0 Å². The molecule has 4 rings (SSSR count). The first-order valence-corrected chi connectivity index (χ1v) is 10.2. The molecular weight excluding hydrogens is 382 g/mol. The van der Waals surface area contributed by atoms with Crippen molar-refractivity contribution < 1.29 is 0 Å². The van der Waals surface area contributed by atoms with Crippen LogP contribution in [0.1, 0.15) is 35.6 Å². The summed E-state index contributed by atoms with van der Waals surface area (Å²) in [6.07, 6.45) is 6.06. The van der Waals surface area contributed by atoms with Crippen molar-refractivity contribution in [3.05, 3.63) is 107 Å². The number of aromatic amines is 1. The number of aromatic nitrogens is 2. The summed E-state index contributed by atoms with van der Waals surface area (Å²) in [5.74, 6) is -0.0737. The number of hydrogen-bond acceptors (Lipinski definition) is 3. The fraction of sp³-hybridized carbons (Fsp3) is 0.0769. The van der Waals surface area contributed by atoms with Crippen LogP contribution in [0.15, 0.2) is 90.2 Å². The number of H-pyrrole nitrogens is 1. The van der Waals surface area contributed by atoms with Crippen molar-refractivity contribution in [3.8, 4) is 0 Å². The van der Waals surface area contributed by atoms with Crippen LogP contribution >= 0.6 is 0 Å². The molecule has 0 fully saturated rings. The van der Waals surface area contributed by atoms with Crippen LogP contribution in [0, 0.1) is 10.9 Å². The number of amidine groups is 1. The predicted molar refractivity (Wildman–Crippen MR) is 127 cm³/mol. The molecule has 31 heavy (non-hydrogen) atoms. The quantitative estimate of drug-likeness (QED) is 0.138. The van der Waals surface area contributed by atoms with Gasteiger partial charge in [-0.1, -0.05) is 73.7 Å². The maximum Gasteiger partial charge on any atom is 0.166 e. The van der Waals surface area contributed by atoms with E-state index in [-0.39, 0.29) is 5.84 Å². The Hall–Kier alpha value is -4.12. The van der Waals surface area contributed by atoms with Crippen LogP contribution < -0.4 is 0 Å². The van der Waals surface area contributed by atoms with Gasteiger partial charge in [-0.15, -0.1) is 5.11 Å². The minimum absolute atomic E-state index is 0.0737. The average molecular weight is 406 g/mol. The van der Waals surface area contributed by atoms with Gasteiger partial charge in [-0.2, -0.15) is 5.10 Å². The monoisotopic (exact) mass is 405 g/mol. The van der Waals surface area contributed by atoms with Crippen LogP contribution in [0.5, 0.6) is 0 Å². The molecular formula is C26H23N5. The molecule has 0 aliphatic rings. The molecule has 0 atom stereocenters. The SMILES string of the molecule is CC/C(=C(/c1ccc(/C=C/C(=N)N=N)cc1)c1ccc2[nH]ncc2c1)c1ccccc1. The third-order valence-electron chi connectivity index (χ3n) is 5.26. The van der Waals surface area contributed by atoms with E-state index in [4.69, 9.17) is 10.9 Å². The molecule has 1 aromatic heterocycles. The van der Waals surface area contributed by atoms with Crippen LogP contribution in [0.25, 0.3) is 28.1 Å². The van der Waals surface area contributed by atoms with E-state index < -0.39 is 0 Å². The van der Waals surface area contributed by atoms with Crippen LogP contribution in [0.2, 0.25) is 0 Å². The second kappa shape index (κ2) is 9.13. The molecule has 0 bridgehead atoms. The van der Waals surface area contributed by atoms with Crippen LogP contribution in [0.4, 0.5) is 0 Å². The number of rotatable bonds is 6. The molecule has 3 aromatic carbocycles. The number of nitrogens with zero attached hydrogens (tertiary/aromatic N) is 2. The molecule has 4 aromatic rings. The van der Waals surface area contributed by atoms with E-state index in [0.29, 0.717) is 0 Å². The van der Waals surface area contributed by atoms with Gasteiger partial charge in [0.1, 0.15) is 0 Å². The third kappa shape index (κ3) is 4.41. The number of allylic oxidation sites excluding steroid dienone is 1. The minimum atomic E-state index is -0.0737. The molecule has 0 spiro atoms. The van der Waals surface area contributed by atoms with E-state index >= 15 is 0 Å². The molecule has 0 aliphatic carbocycles. The summed E-state index contributed by atoms with van der Waals surface area (Å²) in [6, 6.07) is 25.1. The second-order valence-corrected chi connectivity index (χ2v) is 7.20. The Balaban J connectivity index is 1.86. The lowest BCUT2D eigenvalue weighted by atomic mass is 9.87. The minimum Gasteiger partial charge on any atom is -0.281 e. The van der Waals surface area contributed by atoms with Gasteiger partial charge in [0, 0.05) is 5.39 Å². The smallest absolute Gasteiger partial charge is 0.166 e. The highest BCUT2D eigenvalue weighted by molar-refractivity contribution is 6.00. The fourth-order valence-electron chi connectivity index (χ4n) is 3.75. The predicted octanol–water partition coefficient (Wildman–Crippen LogP) is 6.95. The maximum absolute atomic E-state index is 7.48. The third-order valence-corrected chi connectivity index (χ3v) is 5.26. The highest BCUT2D eigenvalue weighted by atomic mass is 15.1. The van der Waals surface area contributed by atoms with Crippen molar-refractivity contribution in [1.29, 1.82) is 10.9 Å². The lowest BCUT2D eigenvalue weighted by Crippen LogP contribution is -1.95. The summed E-state index contributed by atoms with van der Waals surface area (Å²) in [4.78, 5) is 0. The Bertz CT molecular complexity index is 1280. The Morgan fingerprint density at radius 1 is 0.968 bits per heavy atom. The van der Waals surface area contributed by atoms with Gasteiger partial charge in [-0.25, -0.2) is 5.53 Å². The number of fused-ring (bicyclic) bond motifs is 1. The summed E-state index contributed by atoms with van der Waals surface area (Å²) in [5, 5.41) is 18.9. The molecule has 3 N–H and O–H groups in total. The van der Waals surface area contributed by atoms with Gasteiger partial charge in [0.05, 0.1) is 11.7 Å². The number of hydrogen-bond donors (Lipinski definition) is 3. The van der Waals surface area contributed by atoms with Gasteiger partial charge in [0.25, 0.3) is 0 Å². The van der Waals surface area contributed by atoms with Crippen molar-refractivity contribution in [2.24, 2.45) is 5.11 Å². The summed E-state index contributed by atoms with van der Waals surface area (Å²) in [5.41, 5.74) is 14.8. The lowest BCUT2D eigenvalue weighted by Gasteiger charge is -2.17. The zero-order chi connectivity index (χ0) is 21.6. The summed E-state index contributed by atoms with van der Waals surface area (Å²) in [6.45, 7) is 2.19. The van der Waals surface area contributed by atoms with Crippen LogP contribution in [0.3, 0.4) is 0 Å². The zero-order valence-electron chi connectivity index (χ0n) is 17.3. The highest BCUT2D eigenvalue weighted by Gasteiger charge is 2.14. The summed E-state index contributed by atoms with van der Waals surface area (Å²) in [7, 11) is 0. The van der Waals surface area contributed by atoms with Gasteiger partial charge in [0.15, 0.2) is 5.84 Å². The first kappa shape index (κ1) is 20.2. The highest BCUT2D eigenvalue weighted by Crippen LogP contribution is 2.35. The van der Waals surface area contributed by atoms with Gasteiger partial charge in [-0.05, 0) is 58.0 Å². The van der Waals surface area contributed by atoms with Crippen LogP contribution in [-0.2, 0) is 0 Å². The second-order valence-electron chi connectivity index (χ2n) is 7.20. The summed E-state index contributed by atoms with van der Waals surface area (Å²) >= 11 is 0. The van der Waals surface area contributed by atoms with Gasteiger partial charge in [-0.3, -0.25) is 10.5 Å². The molecule has 0 saturated carbocycles. The Morgan fingerprint density at radius 2 is 1.71 bits per heavy atom. The molecule has 5 nitrogen and oxygen atoms in total. The molecule has 5 heteroatoms. The maximum atomic E-state index is 7.48. The number of nitrogens with one attached hydrogen (secondary N) is 3. The molecule has 0 saturated heterocycles. The first-order chi connectivity index (χ1) is 15.2. The normalized spacial score (nSPS) is 12.2. The molecule has 0 radical (unpaired) electrons.